The third kappa shape index (κ3) is 3.00. The number of amides is 1. The van der Waals surface area contributed by atoms with Gasteiger partial charge in [0.2, 0.25) is 11.9 Å². The molecule has 2 aliphatic rings. The first-order valence-electron chi connectivity index (χ1n) is 8.03. The molecule has 0 aromatic carbocycles. The Kier molecular flexibility index (Phi) is 4.41. The van der Waals surface area contributed by atoms with Crippen LogP contribution >= 0.6 is 23.1 Å². The van der Waals surface area contributed by atoms with Crippen LogP contribution in [0, 0.1) is 5.92 Å². The maximum Gasteiger partial charge on any atom is 0.228 e. The van der Waals surface area contributed by atoms with Gasteiger partial charge in [0.1, 0.15) is 5.03 Å². The Bertz CT molecular complexity index is 723. The van der Waals surface area contributed by atoms with Crippen LogP contribution in [0.25, 0.3) is 0 Å². The molecule has 4 rings (SSSR count). The van der Waals surface area contributed by atoms with E-state index in [0.717, 1.165) is 41.9 Å². The molecular weight excluding hydrogens is 342 g/mol. The second-order valence-electron chi connectivity index (χ2n) is 6.15. The lowest BCUT2D eigenvalue weighted by molar-refractivity contribution is -0.131. The van der Waals surface area contributed by atoms with Crippen molar-refractivity contribution in [1.82, 2.24) is 19.9 Å². The summed E-state index contributed by atoms with van der Waals surface area (Å²) in [6.07, 6.45) is 7.16. The van der Waals surface area contributed by atoms with Gasteiger partial charge in [0.15, 0.2) is 0 Å². The van der Waals surface area contributed by atoms with Crippen molar-refractivity contribution in [3.05, 3.63) is 28.8 Å². The molecule has 0 spiro atoms. The third-order valence-electron chi connectivity index (χ3n) is 4.79. The van der Waals surface area contributed by atoms with E-state index >= 15 is 0 Å². The van der Waals surface area contributed by atoms with Crippen molar-refractivity contribution in [2.75, 3.05) is 30.8 Å². The highest BCUT2D eigenvalue weighted by Crippen LogP contribution is 2.33. The summed E-state index contributed by atoms with van der Waals surface area (Å²) in [5.74, 6) is 1.52. The topological polar surface area (TPSA) is 62.2 Å². The van der Waals surface area contributed by atoms with E-state index in [9.17, 15) is 4.79 Å². The molecule has 2 fully saturated rings. The molecule has 2 atom stereocenters. The first-order valence-corrected chi connectivity index (χ1v) is 10.1. The Morgan fingerprint density at radius 2 is 2.38 bits per heavy atom. The number of carbonyl (C=O) groups excluding carboxylic acids is 1. The van der Waals surface area contributed by atoms with Gasteiger partial charge in [-0.2, -0.15) is 0 Å². The second-order valence-corrected chi connectivity index (χ2v) is 7.95. The van der Waals surface area contributed by atoms with Crippen molar-refractivity contribution in [3.8, 4) is 0 Å². The van der Waals surface area contributed by atoms with Crippen molar-refractivity contribution in [1.29, 1.82) is 0 Å². The maximum absolute atomic E-state index is 12.7. The number of fused-ring (bicyclic) bond motifs is 1. The molecule has 1 amide bonds. The fraction of sp³-hybridized carbons (Fsp3) is 0.500. The lowest BCUT2D eigenvalue weighted by Gasteiger charge is -2.25. The van der Waals surface area contributed by atoms with E-state index in [1.54, 1.807) is 34.8 Å². The molecule has 126 valence electrons. The van der Waals surface area contributed by atoms with E-state index in [-0.39, 0.29) is 11.9 Å². The largest absolute Gasteiger partial charge is 0.338 e. The lowest BCUT2D eigenvalue weighted by Crippen LogP contribution is -2.40. The predicted molar refractivity (Wildman–Crippen MR) is 95.5 cm³/mol. The number of carbonyl (C=O) groups is 1. The van der Waals surface area contributed by atoms with Crippen LogP contribution in [-0.2, 0) is 11.2 Å². The van der Waals surface area contributed by atoms with Gasteiger partial charge >= 0.3 is 0 Å². The molecule has 8 heteroatoms. The van der Waals surface area contributed by atoms with Gasteiger partial charge in [0.25, 0.3) is 0 Å². The number of aromatic nitrogens is 3. The van der Waals surface area contributed by atoms with Gasteiger partial charge in [0, 0.05) is 42.8 Å². The van der Waals surface area contributed by atoms with Crippen molar-refractivity contribution in [3.63, 3.8) is 0 Å². The van der Waals surface area contributed by atoms with Gasteiger partial charge in [-0.15, -0.1) is 23.1 Å². The summed E-state index contributed by atoms with van der Waals surface area (Å²) in [5, 5.41) is 0.982. The first kappa shape index (κ1) is 15.8. The summed E-state index contributed by atoms with van der Waals surface area (Å²) >= 11 is 3.17. The van der Waals surface area contributed by atoms with E-state index in [2.05, 4.69) is 24.8 Å². The average Bonchev–Trinajstić information content (AvgIpc) is 3.31. The number of thiazole rings is 1. The van der Waals surface area contributed by atoms with Crippen molar-refractivity contribution < 1.29 is 4.79 Å². The molecular formula is C16H19N5OS2. The molecule has 2 aromatic heterocycles. The zero-order valence-electron chi connectivity index (χ0n) is 13.5. The van der Waals surface area contributed by atoms with E-state index in [1.807, 2.05) is 18.5 Å². The summed E-state index contributed by atoms with van der Waals surface area (Å²) in [7, 11) is 0. The quantitative estimate of drug-likeness (QED) is 0.613. The fourth-order valence-corrected chi connectivity index (χ4v) is 4.57. The monoisotopic (exact) mass is 361 g/mol. The molecule has 0 saturated carbocycles. The van der Waals surface area contributed by atoms with Crippen molar-refractivity contribution in [2.24, 2.45) is 5.92 Å². The van der Waals surface area contributed by atoms with Gasteiger partial charge in [-0.1, -0.05) is 0 Å². The van der Waals surface area contributed by atoms with Crippen molar-refractivity contribution >= 4 is 35.0 Å². The van der Waals surface area contributed by atoms with Crippen LogP contribution in [-0.4, -0.2) is 57.7 Å². The van der Waals surface area contributed by atoms with Gasteiger partial charge in [-0.3, -0.25) is 9.78 Å². The van der Waals surface area contributed by atoms with E-state index in [1.165, 1.54) is 0 Å². The number of likely N-dealkylation sites (tertiary alicyclic amines) is 1. The zero-order chi connectivity index (χ0) is 16.5. The Hall–Kier alpha value is -1.67. The molecule has 2 aromatic rings. The summed E-state index contributed by atoms with van der Waals surface area (Å²) in [6.45, 7) is 2.64. The van der Waals surface area contributed by atoms with Crippen LogP contribution in [0.5, 0.6) is 0 Å². The Labute approximate surface area is 149 Å². The van der Waals surface area contributed by atoms with E-state index in [4.69, 9.17) is 0 Å². The van der Waals surface area contributed by atoms with Crippen LogP contribution in [0.2, 0.25) is 0 Å². The SMILES string of the molecule is CSc1ccnc(N2C[C@@H]3CCN(C(=O)Cc4cncs4)[C@@H]3C2)n1. The highest BCUT2D eigenvalue weighted by Gasteiger charge is 2.43. The van der Waals surface area contributed by atoms with Crippen LogP contribution in [0.15, 0.2) is 29.0 Å². The summed E-state index contributed by atoms with van der Waals surface area (Å²) in [6, 6.07) is 2.21. The second kappa shape index (κ2) is 6.68. The summed E-state index contributed by atoms with van der Waals surface area (Å²) < 4.78 is 0. The van der Waals surface area contributed by atoms with Gasteiger partial charge in [-0.25, -0.2) is 9.97 Å². The molecule has 0 radical (unpaired) electrons. The third-order valence-corrected chi connectivity index (χ3v) is 6.21. The van der Waals surface area contributed by atoms with Crippen LogP contribution in [0.3, 0.4) is 0 Å². The Morgan fingerprint density at radius 1 is 1.46 bits per heavy atom. The predicted octanol–water partition coefficient (Wildman–Crippen LogP) is 1.93. The molecule has 2 aliphatic heterocycles. The number of anilines is 1. The normalized spacial score (nSPS) is 22.9. The Morgan fingerprint density at radius 3 is 3.17 bits per heavy atom. The summed E-state index contributed by atoms with van der Waals surface area (Å²) in [4.78, 5) is 31.0. The molecule has 0 aliphatic carbocycles. The molecule has 0 N–H and O–H groups in total. The minimum Gasteiger partial charge on any atom is -0.338 e. The van der Waals surface area contributed by atoms with Crippen LogP contribution < -0.4 is 4.90 Å². The number of hydrogen-bond acceptors (Lipinski definition) is 7. The highest BCUT2D eigenvalue weighted by molar-refractivity contribution is 7.98. The number of rotatable bonds is 4. The minimum atomic E-state index is 0.215. The Balaban J connectivity index is 1.45. The molecule has 0 unspecified atom stereocenters. The standard InChI is InChI=1S/C16H19N5OS2/c1-23-14-2-4-18-16(19-14)20-8-11-3-5-21(13(11)9-20)15(22)6-12-7-17-10-24-12/h2,4,7,10-11,13H,3,5-6,8-9H2,1H3/t11-,13+/m0/s1. The molecule has 0 bridgehead atoms. The number of nitrogens with zero attached hydrogens (tertiary/aromatic N) is 5. The highest BCUT2D eigenvalue weighted by atomic mass is 32.2. The summed E-state index contributed by atoms with van der Waals surface area (Å²) in [5.41, 5.74) is 1.78. The van der Waals surface area contributed by atoms with Crippen LogP contribution in [0.4, 0.5) is 5.95 Å². The lowest BCUT2D eigenvalue weighted by atomic mass is 10.1. The van der Waals surface area contributed by atoms with Crippen molar-refractivity contribution in [2.45, 2.75) is 23.9 Å². The van der Waals surface area contributed by atoms with Gasteiger partial charge in [0.05, 0.1) is 18.0 Å². The number of hydrogen-bond donors (Lipinski definition) is 0. The average molecular weight is 361 g/mol. The van der Waals surface area contributed by atoms with Gasteiger partial charge in [-0.05, 0) is 18.7 Å². The number of thioether (sulfide) groups is 1. The van der Waals surface area contributed by atoms with Gasteiger partial charge < -0.3 is 9.80 Å². The minimum absolute atomic E-state index is 0.215. The van der Waals surface area contributed by atoms with E-state index in [0.29, 0.717) is 12.3 Å². The molecule has 24 heavy (non-hydrogen) atoms. The van der Waals surface area contributed by atoms with Crippen LogP contribution in [0.1, 0.15) is 11.3 Å². The first-order chi connectivity index (χ1) is 11.7. The molecule has 2 saturated heterocycles. The molecule has 6 nitrogen and oxygen atoms in total. The van der Waals surface area contributed by atoms with E-state index < -0.39 is 0 Å². The smallest absolute Gasteiger partial charge is 0.228 e. The molecule has 4 heterocycles. The zero-order valence-corrected chi connectivity index (χ0v) is 15.1. The maximum atomic E-state index is 12.7. The fourth-order valence-electron chi connectivity index (χ4n) is 3.61.